The van der Waals surface area contributed by atoms with Gasteiger partial charge >= 0.3 is 0 Å². The van der Waals surface area contributed by atoms with Gasteiger partial charge in [0, 0.05) is 34.5 Å². The fourth-order valence-corrected chi connectivity index (χ4v) is 4.62. The number of benzene rings is 1. The van der Waals surface area contributed by atoms with Crippen LogP contribution < -0.4 is 10.6 Å². The second-order valence-electron chi connectivity index (χ2n) is 5.83. The Hall–Kier alpha value is -2.67. The molecule has 7 heteroatoms. The Bertz CT molecular complexity index is 972. The average molecular weight is 340 g/mol. The number of amides is 2. The van der Waals surface area contributed by atoms with Crippen molar-refractivity contribution in [2.24, 2.45) is 0 Å². The Balaban J connectivity index is 1.92. The summed E-state index contributed by atoms with van der Waals surface area (Å²) < 4.78 is 1.18. The molecule has 0 aliphatic carbocycles. The lowest BCUT2D eigenvalue weighted by atomic mass is 9.88. The van der Waals surface area contributed by atoms with Crippen molar-refractivity contribution >= 4 is 39.1 Å². The van der Waals surface area contributed by atoms with Crippen LogP contribution in [0.5, 0.6) is 0 Å². The van der Waals surface area contributed by atoms with Crippen LogP contribution >= 0.6 is 11.3 Å². The van der Waals surface area contributed by atoms with E-state index >= 15 is 0 Å². The third-order valence-corrected chi connectivity index (χ3v) is 5.84. The Labute approximate surface area is 142 Å². The molecule has 1 aliphatic rings. The quantitative estimate of drug-likeness (QED) is 0.670. The number of carbonyl (C=O) groups is 2. The molecule has 0 fully saturated rings. The van der Waals surface area contributed by atoms with Gasteiger partial charge in [-0.3, -0.25) is 14.7 Å². The number of nitrogens with one attached hydrogen (secondary N) is 3. The molecule has 0 saturated heterocycles. The molecular weight excluding hydrogens is 324 g/mol. The normalized spacial score (nSPS) is 16.8. The topological polar surface area (TPSA) is 86.9 Å². The molecule has 0 spiro atoms. The highest BCUT2D eigenvalue weighted by molar-refractivity contribution is 7.19. The third kappa shape index (κ3) is 2.12. The number of rotatable bonds is 2. The highest BCUT2D eigenvalue weighted by atomic mass is 32.1. The molecule has 0 saturated carbocycles. The van der Waals surface area contributed by atoms with E-state index in [1.807, 2.05) is 12.1 Å². The smallest absolute Gasteiger partial charge is 0.269 e. The molecule has 3 N–H and O–H groups in total. The zero-order valence-electron chi connectivity index (χ0n) is 13.3. The molecule has 3 heterocycles. The summed E-state index contributed by atoms with van der Waals surface area (Å²) in [6, 6.07) is 8.19. The summed E-state index contributed by atoms with van der Waals surface area (Å²) in [5, 5.41) is 13.5. The van der Waals surface area contributed by atoms with E-state index in [-0.39, 0.29) is 17.7 Å². The van der Waals surface area contributed by atoms with Crippen molar-refractivity contribution in [3.63, 3.8) is 0 Å². The van der Waals surface area contributed by atoms with E-state index in [9.17, 15) is 9.59 Å². The van der Waals surface area contributed by atoms with Gasteiger partial charge in [0.2, 0.25) is 5.91 Å². The van der Waals surface area contributed by atoms with Gasteiger partial charge in [0.05, 0.1) is 0 Å². The van der Waals surface area contributed by atoms with Crippen LogP contribution in [0.2, 0.25) is 0 Å². The fourth-order valence-electron chi connectivity index (χ4n) is 3.30. The first-order valence-corrected chi connectivity index (χ1v) is 8.50. The maximum Gasteiger partial charge on any atom is 0.269 e. The van der Waals surface area contributed by atoms with E-state index in [4.69, 9.17) is 0 Å². The van der Waals surface area contributed by atoms with Crippen LogP contribution in [0.25, 0.3) is 10.1 Å². The van der Waals surface area contributed by atoms with Crippen molar-refractivity contribution in [3.05, 3.63) is 46.0 Å². The first-order chi connectivity index (χ1) is 11.6. The van der Waals surface area contributed by atoms with Crippen molar-refractivity contribution in [1.82, 2.24) is 15.5 Å². The standard InChI is InChI=1S/C17H16N4O2S/c1-8-9-5-3-4-6-11(9)24-15(8)10-7-12(22)19-16-13(10)14(20-21-16)17(23)18-2/h3-6,10H,7H2,1-2H3,(H,18,23)(H2,19,20,21,22)/t10-/m1/s1. The molecule has 3 aromatic rings. The Morgan fingerprint density at radius 2 is 2.17 bits per heavy atom. The van der Waals surface area contributed by atoms with E-state index in [0.717, 1.165) is 16.0 Å². The van der Waals surface area contributed by atoms with Crippen molar-refractivity contribution in [2.45, 2.75) is 19.3 Å². The molecule has 2 aromatic heterocycles. The summed E-state index contributed by atoms with van der Waals surface area (Å²) in [7, 11) is 1.58. The van der Waals surface area contributed by atoms with Gasteiger partial charge in [-0.2, -0.15) is 5.10 Å². The average Bonchev–Trinajstić information content (AvgIpc) is 3.15. The summed E-state index contributed by atoms with van der Waals surface area (Å²) in [5.74, 6) is -0.0353. The second kappa shape index (κ2) is 5.45. The summed E-state index contributed by atoms with van der Waals surface area (Å²) in [4.78, 5) is 25.4. The van der Waals surface area contributed by atoms with E-state index in [1.54, 1.807) is 18.4 Å². The van der Waals surface area contributed by atoms with E-state index in [1.165, 1.54) is 10.1 Å². The third-order valence-electron chi connectivity index (χ3n) is 4.45. The molecule has 6 nitrogen and oxygen atoms in total. The predicted molar refractivity (Wildman–Crippen MR) is 93.6 cm³/mol. The lowest BCUT2D eigenvalue weighted by Gasteiger charge is -2.22. The van der Waals surface area contributed by atoms with Crippen molar-refractivity contribution < 1.29 is 9.59 Å². The van der Waals surface area contributed by atoms with Crippen LogP contribution in [-0.2, 0) is 4.79 Å². The molecule has 0 radical (unpaired) electrons. The number of aromatic nitrogens is 2. The minimum atomic E-state index is -0.233. The number of nitrogens with zero attached hydrogens (tertiary/aromatic N) is 1. The highest BCUT2D eigenvalue weighted by Crippen LogP contribution is 2.44. The molecule has 0 unspecified atom stereocenters. The monoisotopic (exact) mass is 340 g/mol. The highest BCUT2D eigenvalue weighted by Gasteiger charge is 2.35. The molecule has 24 heavy (non-hydrogen) atoms. The lowest BCUT2D eigenvalue weighted by Crippen LogP contribution is -2.26. The zero-order valence-corrected chi connectivity index (χ0v) is 14.1. The molecule has 0 bridgehead atoms. The van der Waals surface area contributed by atoms with Crippen LogP contribution in [0.15, 0.2) is 24.3 Å². The molecule has 1 aromatic carbocycles. The van der Waals surface area contributed by atoms with Gasteiger partial charge in [0.25, 0.3) is 5.91 Å². The maximum atomic E-state index is 12.2. The minimum Gasteiger partial charge on any atom is -0.354 e. The molecule has 1 aliphatic heterocycles. The Morgan fingerprint density at radius 3 is 2.92 bits per heavy atom. The number of fused-ring (bicyclic) bond motifs is 2. The minimum absolute atomic E-state index is 0.0840. The number of H-pyrrole nitrogens is 1. The largest absolute Gasteiger partial charge is 0.354 e. The van der Waals surface area contributed by atoms with Gasteiger partial charge in [0.1, 0.15) is 5.69 Å². The molecule has 122 valence electrons. The van der Waals surface area contributed by atoms with Gasteiger partial charge in [-0.05, 0) is 23.9 Å². The summed E-state index contributed by atoms with van der Waals surface area (Å²) in [6.45, 7) is 2.07. The number of hydrogen-bond acceptors (Lipinski definition) is 4. The van der Waals surface area contributed by atoms with Crippen LogP contribution in [0.3, 0.4) is 0 Å². The second-order valence-corrected chi connectivity index (χ2v) is 6.92. The maximum absolute atomic E-state index is 12.2. The Kier molecular flexibility index (Phi) is 3.38. The van der Waals surface area contributed by atoms with E-state index in [2.05, 4.69) is 39.9 Å². The van der Waals surface area contributed by atoms with Crippen LogP contribution in [0.1, 0.15) is 38.8 Å². The number of carbonyl (C=O) groups excluding carboxylic acids is 2. The molecule has 4 rings (SSSR count). The summed E-state index contributed by atoms with van der Waals surface area (Å²) in [5.41, 5.74) is 2.34. The van der Waals surface area contributed by atoms with Crippen molar-refractivity contribution in [2.75, 3.05) is 12.4 Å². The van der Waals surface area contributed by atoms with Gasteiger partial charge in [-0.15, -0.1) is 11.3 Å². The van der Waals surface area contributed by atoms with E-state index < -0.39 is 0 Å². The lowest BCUT2D eigenvalue weighted by molar-refractivity contribution is -0.116. The SMILES string of the molecule is CNC(=O)c1[nH]nc2c1[C@H](c1sc3ccccc3c1C)CC(=O)N2. The Morgan fingerprint density at radius 1 is 1.38 bits per heavy atom. The van der Waals surface area contributed by atoms with Crippen LogP contribution in [0, 0.1) is 6.92 Å². The summed E-state index contributed by atoms with van der Waals surface area (Å²) >= 11 is 1.67. The van der Waals surface area contributed by atoms with Crippen LogP contribution in [-0.4, -0.2) is 29.1 Å². The molecule has 1 atom stereocenters. The first-order valence-electron chi connectivity index (χ1n) is 7.68. The van der Waals surface area contributed by atoms with Crippen LogP contribution in [0.4, 0.5) is 5.82 Å². The van der Waals surface area contributed by atoms with Gasteiger partial charge < -0.3 is 10.6 Å². The summed E-state index contributed by atoms with van der Waals surface area (Å²) in [6.07, 6.45) is 0.310. The number of aryl methyl sites for hydroxylation is 1. The van der Waals surface area contributed by atoms with Gasteiger partial charge in [-0.25, -0.2) is 0 Å². The number of aromatic amines is 1. The molecular formula is C17H16N4O2S. The number of anilines is 1. The first kappa shape index (κ1) is 14.9. The molecule has 2 amide bonds. The van der Waals surface area contributed by atoms with Crippen molar-refractivity contribution in [3.8, 4) is 0 Å². The van der Waals surface area contributed by atoms with Crippen molar-refractivity contribution in [1.29, 1.82) is 0 Å². The predicted octanol–water partition coefficient (Wildman–Crippen LogP) is 2.77. The number of thiophene rings is 1. The van der Waals surface area contributed by atoms with Gasteiger partial charge in [-0.1, -0.05) is 18.2 Å². The van der Waals surface area contributed by atoms with Gasteiger partial charge in [0.15, 0.2) is 5.82 Å². The van der Waals surface area contributed by atoms with E-state index in [0.29, 0.717) is 17.9 Å². The zero-order chi connectivity index (χ0) is 16.8. The fraction of sp³-hybridized carbons (Fsp3) is 0.235. The number of hydrogen-bond donors (Lipinski definition) is 3.